The van der Waals surface area contributed by atoms with E-state index in [1.807, 2.05) is 6.07 Å². The molecule has 0 unspecified atom stereocenters. The Morgan fingerprint density at radius 3 is 3.05 bits per heavy atom. The van der Waals surface area contributed by atoms with Crippen molar-refractivity contribution in [2.75, 3.05) is 17.6 Å². The number of carbonyl (C=O) groups excluding carboxylic acids is 2. The second-order valence-corrected chi connectivity index (χ2v) is 5.67. The number of aromatic nitrogens is 1. The molecule has 4 N–H and O–H groups in total. The molecule has 0 bridgehead atoms. The molecule has 0 fully saturated rings. The fourth-order valence-electron chi connectivity index (χ4n) is 2.24. The van der Waals surface area contributed by atoms with Gasteiger partial charge < -0.3 is 11.1 Å². The Kier molecular flexibility index (Phi) is 3.57. The largest absolute Gasteiger partial charge is 0.384 e. The van der Waals surface area contributed by atoms with Crippen molar-refractivity contribution >= 4 is 34.0 Å². The summed E-state index contributed by atoms with van der Waals surface area (Å²) in [5.74, 6) is -0.793. The molecular weight excluding hydrogens is 288 g/mol. The molecule has 0 radical (unpaired) electrons. The van der Waals surface area contributed by atoms with Crippen LogP contribution < -0.4 is 16.4 Å². The van der Waals surface area contributed by atoms with E-state index in [-0.39, 0.29) is 6.42 Å². The summed E-state index contributed by atoms with van der Waals surface area (Å²) >= 11 is 1.27. The number of nitrogen functional groups attached to an aromatic ring is 1. The molecule has 3 rings (SSSR count). The number of hydrogen-bond donors (Lipinski definition) is 3. The lowest BCUT2D eigenvalue weighted by Crippen LogP contribution is -2.31. The molecule has 6 nitrogen and oxygen atoms in total. The van der Waals surface area contributed by atoms with Crippen LogP contribution >= 0.6 is 11.3 Å². The van der Waals surface area contributed by atoms with Gasteiger partial charge in [-0.3, -0.25) is 14.9 Å². The molecule has 1 aromatic carbocycles. The summed E-state index contributed by atoms with van der Waals surface area (Å²) in [5, 5.41) is 7.69. The number of benzene rings is 1. The minimum atomic E-state index is -0.403. The lowest BCUT2D eigenvalue weighted by molar-refractivity contribution is -0.119. The van der Waals surface area contributed by atoms with Gasteiger partial charge in [0, 0.05) is 23.2 Å². The second kappa shape index (κ2) is 5.53. The molecule has 1 aromatic heterocycles. The van der Waals surface area contributed by atoms with E-state index in [1.54, 1.807) is 17.5 Å². The van der Waals surface area contributed by atoms with Crippen molar-refractivity contribution in [3.63, 3.8) is 0 Å². The Labute approximate surface area is 125 Å². The number of rotatable bonds is 3. The Hall–Kier alpha value is -2.41. The lowest BCUT2D eigenvalue weighted by atomic mass is 10.1. The number of amides is 2. The summed E-state index contributed by atoms with van der Waals surface area (Å²) in [6.07, 6.45) is 1.00. The van der Waals surface area contributed by atoms with Crippen LogP contribution in [-0.4, -0.2) is 23.3 Å². The first-order valence-corrected chi connectivity index (χ1v) is 7.40. The van der Waals surface area contributed by atoms with Gasteiger partial charge in [0.1, 0.15) is 0 Å². The molecule has 2 aromatic rings. The molecule has 0 saturated carbocycles. The maximum Gasteiger partial charge on any atom is 0.257 e. The van der Waals surface area contributed by atoms with Gasteiger partial charge in [-0.1, -0.05) is 6.07 Å². The molecule has 0 aliphatic carbocycles. The number of carbonyl (C=O) groups is 2. The zero-order chi connectivity index (χ0) is 14.8. The minimum Gasteiger partial charge on any atom is -0.384 e. The second-order valence-electron chi connectivity index (χ2n) is 4.78. The molecule has 2 heterocycles. The summed E-state index contributed by atoms with van der Waals surface area (Å²) in [5.41, 5.74) is 8.69. The van der Waals surface area contributed by atoms with E-state index < -0.39 is 11.8 Å². The summed E-state index contributed by atoms with van der Waals surface area (Å²) in [6, 6.07) is 5.41. The van der Waals surface area contributed by atoms with Crippen LogP contribution in [-0.2, 0) is 17.6 Å². The van der Waals surface area contributed by atoms with Gasteiger partial charge in [0.05, 0.1) is 12.1 Å². The lowest BCUT2D eigenvalue weighted by Gasteiger charge is -2.05. The van der Waals surface area contributed by atoms with Gasteiger partial charge in [0.15, 0.2) is 5.13 Å². The van der Waals surface area contributed by atoms with E-state index in [1.165, 1.54) is 16.9 Å². The number of nitrogens with zero attached hydrogens (tertiary/aromatic N) is 1. The Balaban J connectivity index is 1.64. The average molecular weight is 302 g/mol. The van der Waals surface area contributed by atoms with Crippen molar-refractivity contribution in [1.29, 1.82) is 0 Å². The van der Waals surface area contributed by atoms with E-state index in [9.17, 15) is 9.59 Å². The van der Waals surface area contributed by atoms with Crippen molar-refractivity contribution in [3.05, 3.63) is 40.4 Å². The number of imide groups is 1. The van der Waals surface area contributed by atoms with Gasteiger partial charge in [-0.25, -0.2) is 4.98 Å². The van der Waals surface area contributed by atoms with Gasteiger partial charge in [0.2, 0.25) is 5.91 Å². The van der Waals surface area contributed by atoms with E-state index in [2.05, 4.69) is 15.6 Å². The topological polar surface area (TPSA) is 97.1 Å². The monoisotopic (exact) mass is 302 g/mol. The quantitative estimate of drug-likeness (QED) is 0.791. The van der Waals surface area contributed by atoms with E-state index in [4.69, 9.17) is 5.73 Å². The van der Waals surface area contributed by atoms with Crippen LogP contribution in [0.15, 0.2) is 23.6 Å². The fourth-order valence-corrected chi connectivity index (χ4v) is 2.81. The highest BCUT2D eigenvalue weighted by atomic mass is 32.1. The molecule has 7 heteroatoms. The number of nitrogens with two attached hydrogens (primary N) is 1. The highest BCUT2D eigenvalue weighted by Crippen LogP contribution is 2.23. The first-order chi connectivity index (χ1) is 10.1. The smallest absolute Gasteiger partial charge is 0.257 e. The molecule has 1 aliphatic rings. The van der Waals surface area contributed by atoms with Gasteiger partial charge in [0.25, 0.3) is 5.91 Å². The van der Waals surface area contributed by atoms with Crippen molar-refractivity contribution in [1.82, 2.24) is 10.3 Å². The highest BCUT2D eigenvalue weighted by Gasteiger charge is 2.16. The van der Waals surface area contributed by atoms with Crippen LogP contribution in [0.1, 0.15) is 21.6 Å². The molecular formula is C14H14N4O2S. The average Bonchev–Trinajstić information content (AvgIpc) is 3.06. The third kappa shape index (κ3) is 3.03. The summed E-state index contributed by atoms with van der Waals surface area (Å²) in [7, 11) is 0. The predicted molar refractivity (Wildman–Crippen MR) is 81.3 cm³/mol. The zero-order valence-corrected chi connectivity index (χ0v) is 12.0. The van der Waals surface area contributed by atoms with Crippen molar-refractivity contribution < 1.29 is 9.59 Å². The molecule has 1 aliphatic heterocycles. The predicted octanol–water partition coefficient (Wildman–Crippen LogP) is 1.19. The number of fused-ring (bicyclic) bond motifs is 1. The molecule has 0 saturated heterocycles. The van der Waals surface area contributed by atoms with Crippen molar-refractivity contribution in [3.8, 4) is 0 Å². The number of hydrogen-bond acceptors (Lipinski definition) is 6. The molecule has 0 atom stereocenters. The van der Waals surface area contributed by atoms with E-state index in [0.29, 0.717) is 16.4 Å². The zero-order valence-electron chi connectivity index (χ0n) is 11.2. The maximum absolute atomic E-state index is 12.0. The SMILES string of the molecule is Nc1nc(CC(=O)NC(=O)c2ccc3c(c2)NCC3)cs1. The van der Waals surface area contributed by atoms with Gasteiger partial charge >= 0.3 is 0 Å². The number of thiazole rings is 1. The summed E-state index contributed by atoms with van der Waals surface area (Å²) < 4.78 is 0. The Morgan fingerprint density at radius 1 is 1.43 bits per heavy atom. The van der Waals surface area contributed by atoms with Crippen LogP contribution in [0.3, 0.4) is 0 Å². The van der Waals surface area contributed by atoms with Crippen LogP contribution in [0.5, 0.6) is 0 Å². The third-order valence-electron chi connectivity index (χ3n) is 3.25. The Morgan fingerprint density at radius 2 is 2.29 bits per heavy atom. The number of anilines is 2. The van der Waals surface area contributed by atoms with Crippen LogP contribution in [0.4, 0.5) is 10.8 Å². The molecule has 2 amide bonds. The van der Waals surface area contributed by atoms with Crippen LogP contribution in [0, 0.1) is 0 Å². The molecule has 21 heavy (non-hydrogen) atoms. The van der Waals surface area contributed by atoms with Gasteiger partial charge in [-0.05, 0) is 24.1 Å². The first-order valence-electron chi connectivity index (χ1n) is 6.52. The molecule has 0 spiro atoms. The minimum absolute atomic E-state index is 0.0443. The first kappa shape index (κ1) is 13.6. The summed E-state index contributed by atoms with van der Waals surface area (Å²) in [6.45, 7) is 0.880. The van der Waals surface area contributed by atoms with Crippen LogP contribution in [0.2, 0.25) is 0 Å². The fraction of sp³-hybridized carbons (Fsp3) is 0.214. The van der Waals surface area contributed by atoms with Crippen LogP contribution in [0.25, 0.3) is 0 Å². The standard InChI is InChI=1S/C14H14N4O2S/c15-14-17-10(7-21-14)6-12(19)18-13(20)9-2-1-8-3-4-16-11(8)5-9/h1-2,5,7,16H,3-4,6H2,(H2,15,17)(H,18,19,20). The van der Waals surface area contributed by atoms with Gasteiger partial charge in [-0.15, -0.1) is 11.3 Å². The van der Waals surface area contributed by atoms with Gasteiger partial charge in [-0.2, -0.15) is 0 Å². The maximum atomic E-state index is 12.0. The van der Waals surface area contributed by atoms with E-state index in [0.717, 1.165) is 18.7 Å². The van der Waals surface area contributed by atoms with Crippen molar-refractivity contribution in [2.24, 2.45) is 0 Å². The van der Waals surface area contributed by atoms with Crippen molar-refractivity contribution in [2.45, 2.75) is 12.8 Å². The van der Waals surface area contributed by atoms with E-state index >= 15 is 0 Å². The summed E-state index contributed by atoms with van der Waals surface area (Å²) in [4.78, 5) is 27.9. The highest BCUT2D eigenvalue weighted by molar-refractivity contribution is 7.13. The number of nitrogens with one attached hydrogen (secondary N) is 2. The third-order valence-corrected chi connectivity index (χ3v) is 3.97. The molecule has 108 valence electrons. The Bertz CT molecular complexity index is 711. The normalized spacial score (nSPS) is 12.6.